The number of pyridine rings is 1. The monoisotopic (exact) mass is 360 g/mol. The smallest absolute Gasteiger partial charge is 0.257 e. The Morgan fingerprint density at radius 3 is 2.50 bits per heavy atom. The van der Waals surface area contributed by atoms with E-state index in [-0.39, 0.29) is 11.4 Å². The highest BCUT2D eigenvalue weighted by Gasteiger charge is 2.12. The maximum absolute atomic E-state index is 12.2. The van der Waals surface area contributed by atoms with Gasteiger partial charge in [-0.1, -0.05) is 0 Å². The summed E-state index contributed by atoms with van der Waals surface area (Å²) in [7, 11) is 1.99. The molecule has 0 saturated heterocycles. The van der Waals surface area contributed by atoms with Gasteiger partial charge in [-0.05, 0) is 67.0 Å². The van der Waals surface area contributed by atoms with Gasteiger partial charge in [0.05, 0.1) is 16.8 Å². The molecule has 0 unspecified atom stereocenters. The molecule has 1 N–H and O–H groups in total. The van der Waals surface area contributed by atoms with Gasteiger partial charge in [-0.25, -0.2) is 0 Å². The molecule has 0 aliphatic carbocycles. The zero-order valence-corrected chi connectivity index (χ0v) is 14.7. The maximum atomic E-state index is 12.2. The number of benzene rings is 1. The minimum Gasteiger partial charge on any atom is -0.497 e. The van der Waals surface area contributed by atoms with Gasteiger partial charge in [0, 0.05) is 16.4 Å². The second kappa shape index (κ2) is 6.52. The fraction of sp³-hybridized carbons (Fsp3) is 0.250. The molecule has 0 radical (unpaired) electrons. The number of ether oxygens (including phenoxy) is 1. The van der Waals surface area contributed by atoms with Crippen LogP contribution >= 0.6 is 15.9 Å². The largest absolute Gasteiger partial charge is 0.497 e. The van der Waals surface area contributed by atoms with Crippen molar-refractivity contribution in [1.82, 2.24) is 4.98 Å². The number of aromatic nitrogens is 1. The van der Waals surface area contributed by atoms with Gasteiger partial charge in [0.15, 0.2) is 7.85 Å². The van der Waals surface area contributed by atoms with Gasteiger partial charge in [0.1, 0.15) is 5.75 Å². The van der Waals surface area contributed by atoms with E-state index >= 15 is 0 Å². The summed E-state index contributed by atoms with van der Waals surface area (Å²) in [5, 5.41) is 2.84. The summed E-state index contributed by atoms with van der Waals surface area (Å²) in [4.78, 5) is 16.4. The van der Waals surface area contributed by atoms with Crippen molar-refractivity contribution in [2.24, 2.45) is 0 Å². The SMILES string of the molecule is BC(C)(C)Oc1ccc(NC(=O)c2cnc(C)c(Br)c2)cc1. The number of hydrogen-bond donors (Lipinski definition) is 1. The van der Waals surface area contributed by atoms with Crippen LogP contribution in [0, 0.1) is 6.92 Å². The Labute approximate surface area is 139 Å². The molecule has 2 aromatic rings. The molecule has 0 aliphatic heterocycles. The predicted octanol–water partition coefficient (Wildman–Crippen LogP) is 3.15. The van der Waals surface area contributed by atoms with Crippen molar-refractivity contribution in [2.75, 3.05) is 5.32 Å². The zero-order valence-electron chi connectivity index (χ0n) is 13.1. The van der Waals surface area contributed by atoms with E-state index in [4.69, 9.17) is 4.74 Å². The Bertz CT molecular complexity index is 682. The Kier molecular flexibility index (Phi) is 4.91. The fourth-order valence-electron chi connectivity index (χ4n) is 1.79. The Hall–Kier alpha value is -1.82. The summed E-state index contributed by atoms with van der Waals surface area (Å²) in [6, 6.07) is 9.06. The van der Waals surface area contributed by atoms with E-state index in [1.54, 1.807) is 12.3 Å². The molecule has 2 rings (SSSR count). The van der Waals surface area contributed by atoms with Gasteiger partial charge in [-0.3, -0.25) is 9.78 Å². The molecule has 22 heavy (non-hydrogen) atoms. The van der Waals surface area contributed by atoms with Crippen molar-refractivity contribution in [1.29, 1.82) is 0 Å². The summed E-state index contributed by atoms with van der Waals surface area (Å²) in [6.45, 7) is 5.86. The predicted molar refractivity (Wildman–Crippen MR) is 94.3 cm³/mol. The molecule has 4 nitrogen and oxygen atoms in total. The fourth-order valence-corrected chi connectivity index (χ4v) is 2.14. The Morgan fingerprint density at radius 2 is 1.95 bits per heavy atom. The average Bonchev–Trinajstić information content (AvgIpc) is 2.42. The highest BCUT2D eigenvalue weighted by molar-refractivity contribution is 9.10. The number of hydrogen-bond acceptors (Lipinski definition) is 3. The lowest BCUT2D eigenvalue weighted by Crippen LogP contribution is -2.27. The first-order valence-electron chi connectivity index (χ1n) is 6.97. The van der Waals surface area contributed by atoms with E-state index < -0.39 is 0 Å². The average molecular weight is 361 g/mol. The highest BCUT2D eigenvalue weighted by atomic mass is 79.9. The molecule has 6 heteroatoms. The standard InChI is InChI=1S/C16H18BBrN2O2/c1-10-14(18)8-11(9-19-10)15(21)20-12-4-6-13(7-5-12)22-16(2,3)17/h4-9H,17H2,1-3H3,(H,20,21). The summed E-state index contributed by atoms with van der Waals surface area (Å²) < 4.78 is 6.56. The molecule has 0 atom stereocenters. The number of carbonyl (C=O) groups excluding carboxylic acids is 1. The lowest BCUT2D eigenvalue weighted by Gasteiger charge is -2.21. The number of nitrogens with zero attached hydrogens (tertiary/aromatic N) is 1. The second-order valence-electron chi connectivity index (χ2n) is 5.98. The first kappa shape index (κ1) is 16.6. The number of carbonyl (C=O) groups is 1. The van der Waals surface area contributed by atoms with Crippen LogP contribution in [0.4, 0.5) is 5.69 Å². The molecule has 0 fully saturated rings. The number of anilines is 1. The third kappa shape index (κ3) is 4.60. The minimum atomic E-state index is -0.245. The minimum absolute atomic E-state index is 0.197. The van der Waals surface area contributed by atoms with Crippen LogP contribution in [0.2, 0.25) is 0 Å². The van der Waals surface area contributed by atoms with E-state index in [9.17, 15) is 4.79 Å². The maximum Gasteiger partial charge on any atom is 0.257 e. The molecular weight excluding hydrogens is 343 g/mol. The van der Waals surface area contributed by atoms with Crippen molar-refractivity contribution < 1.29 is 9.53 Å². The molecule has 1 amide bonds. The third-order valence-corrected chi connectivity index (χ3v) is 3.63. The van der Waals surface area contributed by atoms with Crippen molar-refractivity contribution in [3.63, 3.8) is 0 Å². The van der Waals surface area contributed by atoms with Crippen LogP contribution in [0.3, 0.4) is 0 Å². The lowest BCUT2D eigenvalue weighted by molar-refractivity contribution is 0.102. The number of halogens is 1. The summed E-state index contributed by atoms with van der Waals surface area (Å²) in [5.41, 5.74) is 1.82. The topological polar surface area (TPSA) is 51.2 Å². The quantitative estimate of drug-likeness (QED) is 0.852. The van der Waals surface area contributed by atoms with Gasteiger partial charge in [0.2, 0.25) is 0 Å². The second-order valence-corrected chi connectivity index (χ2v) is 6.84. The van der Waals surface area contributed by atoms with E-state index in [2.05, 4.69) is 26.2 Å². The first-order chi connectivity index (χ1) is 10.2. The summed E-state index contributed by atoms with van der Waals surface area (Å²) in [6.07, 6.45) is 1.56. The first-order valence-corrected chi connectivity index (χ1v) is 7.76. The zero-order chi connectivity index (χ0) is 16.3. The van der Waals surface area contributed by atoms with Crippen LogP contribution in [0.25, 0.3) is 0 Å². The van der Waals surface area contributed by atoms with Crippen LogP contribution in [0.5, 0.6) is 5.75 Å². The van der Waals surface area contributed by atoms with Crippen LogP contribution in [-0.2, 0) is 0 Å². The molecule has 0 aliphatic rings. The van der Waals surface area contributed by atoms with Gasteiger partial charge in [-0.15, -0.1) is 0 Å². The van der Waals surface area contributed by atoms with Crippen molar-refractivity contribution in [2.45, 2.75) is 26.3 Å². The number of rotatable bonds is 4. The summed E-state index contributed by atoms with van der Waals surface area (Å²) >= 11 is 3.38. The van der Waals surface area contributed by atoms with Crippen LogP contribution in [-0.4, -0.2) is 24.2 Å². The van der Waals surface area contributed by atoms with Crippen LogP contribution < -0.4 is 10.1 Å². The molecule has 0 bridgehead atoms. The van der Waals surface area contributed by atoms with E-state index in [1.807, 2.05) is 52.9 Å². The van der Waals surface area contributed by atoms with Gasteiger partial charge in [-0.2, -0.15) is 0 Å². The number of nitrogens with one attached hydrogen (secondary N) is 1. The van der Waals surface area contributed by atoms with E-state index in [0.717, 1.165) is 15.9 Å². The third-order valence-electron chi connectivity index (χ3n) is 2.82. The van der Waals surface area contributed by atoms with E-state index in [1.165, 1.54) is 0 Å². The van der Waals surface area contributed by atoms with Crippen molar-refractivity contribution in [3.8, 4) is 5.75 Å². The Morgan fingerprint density at radius 1 is 1.32 bits per heavy atom. The van der Waals surface area contributed by atoms with Gasteiger partial charge < -0.3 is 10.1 Å². The van der Waals surface area contributed by atoms with Crippen LogP contribution in [0.1, 0.15) is 29.9 Å². The Balaban J connectivity index is 2.07. The van der Waals surface area contributed by atoms with E-state index in [0.29, 0.717) is 11.3 Å². The molecule has 0 spiro atoms. The molecule has 1 heterocycles. The van der Waals surface area contributed by atoms with Gasteiger partial charge >= 0.3 is 0 Å². The molecule has 114 valence electrons. The van der Waals surface area contributed by atoms with Crippen molar-refractivity contribution >= 4 is 35.4 Å². The summed E-state index contributed by atoms with van der Waals surface area (Å²) in [5.74, 6) is 0.572. The number of aryl methyl sites for hydroxylation is 1. The van der Waals surface area contributed by atoms with Gasteiger partial charge in [0.25, 0.3) is 5.91 Å². The molecular formula is C16H18BBrN2O2. The van der Waals surface area contributed by atoms with Crippen molar-refractivity contribution in [3.05, 3.63) is 52.3 Å². The van der Waals surface area contributed by atoms with Crippen LogP contribution in [0.15, 0.2) is 41.0 Å². The highest BCUT2D eigenvalue weighted by Crippen LogP contribution is 2.20. The molecule has 1 aromatic heterocycles. The normalized spacial score (nSPS) is 11.1. The lowest BCUT2D eigenvalue weighted by atomic mass is 9.86. The number of amides is 1. The molecule has 1 aromatic carbocycles. The molecule has 0 saturated carbocycles.